The van der Waals surface area contributed by atoms with Crippen molar-refractivity contribution in [1.29, 1.82) is 0 Å². The molecule has 0 unspecified atom stereocenters. The van der Waals surface area contributed by atoms with Gasteiger partial charge < -0.3 is 25.0 Å². The predicted octanol–water partition coefficient (Wildman–Crippen LogP) is 1.46. The monoisotopic (exact) mass is 305 g/mol. The van der Waals surface area contributed by atoms with E-state index in [4.69, 9.17) is 4.74 Å². The van der Waals surface area contributed by atoms with Crippen molar-refractivity contribution in [3.05, 3.63) is 18.2 Å². The number of benzene rings is 1. The fourth-order valence-corrected chi connectivity index (χ4v) is 3.39. The molecule has 2 aliphatic rings. The van der Waals surface area contributed by atoms with Gasteiger partial charge >= 0.3 is 0 Å². The van der Waals surface area contributed by atoms with Gasteiger partial charge in [-0.2, -0.15) is 0 Å². The largest absolute Gasteiger partial charge is 0.484 e. The first-order chi connectivity index (χ1) is 10.6. The fourth-order valence-electron chi connectivity index (χ4n) is 3.39. The van der Waals surface area contributed by atoms with E-state index in [1.54, 1.807) is 0 Å². The standard InChI is InChI=1S/C17H27N3O2/c1-17(2)13-20(9-4-12-21)16-14(5-3-6-15(16)22-17)19-10-7-18-8-11-19/h3,5-6,18,21H,4,7-13H2,1-2H3. The van der Waals surface area contributed by atoms with Crippen molar-refractivity contribution in [2.24, 2.45) is 0 Å². The molecule has 2 N–H and O–H groups in total. The molecular weight excluding hydrogens is 278 g/mol. The first kappa shape index (κ1) is 15.4. The summed E-state index contributed by atoms with van der Waals surface area (Å²) in [6.45, 7) is 10.3. The lowest BCUT2D eigenvalue weighted by atomic mass is 10.0. The number of hydrogen-bond donors (Lipinski definition) is 2. The topological polar surface area (TPSA) is 48.0 Å². The van der Waals surface area contributed by atoms with Crippen molar-refractivity contribution in [3.8, 4) is 5.75 Å². The summed E-state index contributed by atoms with van der Waals surface area (Å²) in [5.41, 5.74) is 2.24. The Morgan fingerprint density at radius 1 is 1.27 bits per heavy atom. The molecule has 22 heavy (non-hydrogen) atoms. The maximum Gasteiger partial charge on any atom is 0.145 e. The first-order valence-electron chi connectivity index (χ1n) is 8.24. The van der Waals surface area contributed by atoms with Crippen molar-refractivity contribution < 1.29 is 9.84 Å². The minimum absolute atomic E-state index is 0.204. The number of aliphatic hydroxyl groups is 1. The second kappa shape index (κ2) is 6.34. The molecule has 0 amide bonds. The number of hydrogen-bond acceptors (Lipinski definition) is 5. The van der Waals surface area contributed by atoms with E-state index in [-0.39, 0.29) is 12.2 Å². The molecule has 1 saturated heterocycles. The summed E-state index contributed by atoms with van der Waals surface area (Å²) in [5, 5.41) is 12.6. The minimum Gasteiger partial charge on any atom is -0.484 e. The molecule has 0 bridgehead atoms. The molecule has 5 nitrogen and oxygen atoms in total. The number of nitrogens with zero attached hydrogens (tertiary/aromatic N) is 2. The molecule has 122 valence electrons. The molecule has 0 atom stereocenters. The minimum atomic E-state index is -0.204. The second-order valence-corrected chi connectivity index (χ2v) is 6.72. The van der Waals surface area contributed by atoms with Crippen LogP contribution in [-0.2, 0) is 0 Å². The smallest absolute Gasteiger partial charge is 0.145 e. The normalized spacial score (nSPS) is 20.5. The Labute approximate surface area is 132 Å². The van der Waals surface area contributed by atoms with Crippen molar-refractivity contribution in [2.75, 3.05) is 55.7 Å². The zero-order chi connectivity index (χ0) is 15.6. The van der Waals surface area contributed by atoms with Crippen LogP contribution in [0, 0.1) is 0 Å². The summed E-state index contributed by atoms with van der Waals surface area (Å²) in [4.78, 5) is 4.81. The lowest BCUT2D eigenvalue weighted by Gasteiger charge is -2.43. The highest BCUT2D eigenvalue weighted by Crippen LogP contribution is 2.43. The summed E-state index contributed by atoms with van der Waals surface area (Å²) >= 11 is 0. The number of piperazine rings is 1. The van der Waals surface area contributed by atoms with Gasteiger partial charge in [-0.25, -0.2) is 0 Å². The molecule has 5 heteroatoms. The number of ether oxygens (including phenoxy) is 1. The molecule has 0 spiro atoms. The van der Waals surface area contributed by atoms with Gasteiger partial charge in [0.25, 0.3) is 0 Å². The van der Waals surface area contributed by atoms with Crippen molar-refractivity contribution >= 4 is 11.4 Å². The van der Waals surface area contributed by atoms with Gasteiger partial charge in [-0.15, -0.1) is 0 Å². The summed E-state index contributed by atoms with van der Waals surface area (Å²) in [5.74, 6) is 0.963. The molecule has 1 fully saturated rings. The van der Waals surface area contributed by atoms with Gasteiger partial charge in [0.1, 0.15) is 17.0 Å². The van der Waals surface area contributed by atoms with Gasteiger partial charge in [0.2, 0.25) is 0 Å². The lowest BCUT2D eigenvalue weighted by molar-refractivity contribution is 0.104. The van der Waals surface area contributed by atoms with Crippen LogP contribution in [0.2, 0.25) is 0 Å². The van der Waals surface area contributed by atoms with Gasteiger partial charge in [0.15, 0.2) is 0 Å². The maximum absolute atomic E-state index is 9.22. The van der Waals surface area contributed by atoms with Crippen LogP contribution < -0.4 is 19.9 Å². The Morgan fingerprint density at radius 3 is 2.77 bits per heavy atom. The van der Waals surface area contributed by atoms with Gasteiger partial charge in [0.05, 0.1) is 12.2 Å². The van der Waals surface area contributed by atoms with Crippen LogP contribution in [0.15, 0.2) is 18.2 Å². The Hall–Kier alpha value is -1.46. The van der Waals surface area contributed by atoms with Crippen LogP contribution in [0.5, 0.6) is 5.75 Å². The maximum atomic E-state index is 9.22. The fraction of sp³-hybridized carbons (Fsp3) is 0.647. The van der Waals surface area contributed by atoms with Gasteiger partial charge in [-0.1, -0.05) is 6.07 Å². The number of nitrogens with one attached hydrogen (secondary N) is 1. The van der Waals surface area contributed by atoms with Crippen LogP contribution >= 0.6 is 0 Å². The van der Waals surface area contributed by atoms with E-state index >= 15 is 0 Å². The highest BCUT2D eigenvalue weighted by atomic mass is 16.5. The molecule has 0 aromatic heterocycles. The first-order valence-corrected chi connectivity index (χ1v) is 8.24. The molecule has 1 aromatic rings. The zero-order valence-electron chi connectivity index (χ0n) is 13.6. The van der Waals surface area contributed by atoms with E-state index in [0.717, 1.165) is 51.4 Å². The van der Waals surface area contributed by atoms with E-state index < -0.39 is 0 Å². The Balaban J connectivity index is 1.96. The molecule has 2 heterocycles. The third-order valence-electron chi connectivity index (χ3n) is 4.30. The number of aliphatic hydroxyl groups excluding tert-OH is 1. The highest BCUT2D eigenvalue weighted by molar-refractivity contribution is 5.79. The summed E-state index contributed by atoms with van der Waals surface area (Å²) < 4.78 is 6.21. The summed E-state index contributed by atoms with van der Waals surface area (Å²) in [6, 6.07) is 6.34. The number of rotatable bonds is 4. The lowest BCUT2D eigenvalue weighted by Crippen LogP contribution is -2.49. The van der Waals surface area contributed by atoms with E-state index in [9.17, 15) is 5.11 Å². The zero-order valence-corrected chi connectivity index (χ0v) is 13.6. The molecule has 2 aliphatic heterocycles. The summed E-state index contributed by atoms with van der Waals surface area (Å²) in [7, 11) is 0. The van der Waals surface area contributed by atoms with Gasteiger partial charge in [-0.3, -0.25) is 0 Å². The van der Waals surface area contributed by atoms with Crippen molar-refractivity contribution in [1.82, 2.24) is 5.32 Å². The Bertz CT molecular complexity index is 513. The average Bonchev–Trinajstić information content (AvgIpc) is 2.51. The number of anilines is 2. The van der Waals surface area contributed by atoms with Crippen LogP contribution in [0.25, 0.3) is 0 Å². The van der Waals surface area contributed by atoms with Crippen molar-refractivity contribution in [2.45, 2.75) is 25.9 Å². The van der Waals surface area contributed by atoms with Crippen molar-refractivity contribution in [3.63, 3.8) is 0 Å². The Kier molecular flexibility index (Phi) is 4.45. The summed E-state index contributed by atoms with van der Waals surface area (Å²) in [6.07, 6.45) is 0.783. The Morgan fingerprint density at radius 2 is 2.05 bits per heavy atom. The third kappa shape index (κ3) is 3.15. The van der Waals surface area contributed by atoms with Crippen LogP contribution in [0.3, 0.4) is 0 Å². The SMILES string of the molecule is CC1(C)CN(CCCO)c2c(cccc2N2CCNCC2)O1. The van der Waals surface area contributed by atoms with E-state index in [1.165, 1.54) is 11.4 Å². The van der Waals surface area contributed by atoms with Gasteiger partial charge in [-0.05, 0) is 32.4 Å². The van der Waals surface area contributed by atoms with E-state index in [2.05, 4.69) is 47.2 Å². The highest BCUT2D eigenvalue weighted by Gasteiger charge is 2.34. The average molecular weight is 305 g/mol. The second-order valence-electron chi connectivity index (χ2n) is 6.72. The van der Waals surface area contributed by atoms with E-state index in [1.807, 2.05) is 0 Å². The van der Waals surface area contributed by atoms with E-state index in [0.29, 0.717) is 0 Å². The predicted molar refractivity (Wildman–Crippen MR) is 90.1 cm³/mol. The quantitative estimate of drug-likeness (QED) is 0.882. The molecule has 0 radical (unpaired) electrons. The molecule has 3 rings (SSSR count). The van der Waals surface area contributed by atoms with Crippen LogP contribution in [0.4, 0.5) is 11.4 Å². The number of para-hydroxylation sites is 1. The molecule has 0 saturated carbocycles. The molecule has 1 aromatic carbocycles. The molecule has 0 aliphatic carbocycles. The number of fused-ring (bicyclic) bond motifs is 1. The van der Waals surface area contributed by atoms with Crippen LogP contribution in [-0.4, -0.2) is 56.6 Å². The van der Waals surface area contributed by atoms with Gasteiger partial charge in [0, 0.05) is 39.3 Å². The van der Waals surface area contributed by atoms with Crippen LogP contribution in [0.1, 0.15) is 20.3 Å². The molecular formula is C17H27N3O2. The third-order valence-corrected chi connectivity index (χ3v) is 4.30.